The molecule has 0 aromatic rings. The van der Waals surface area contributed by atoms with Crippen molar-refractivity contribution in [2.75, 3.05) is 39.3 Å². The second-order valence-electron chi connectivity index (χ2n) is 10.3. The third kappa shape index (κ3) is 3.93. The summed E-state index contributed by atoms with van der Waals surface area (Å²) in [6.45, 7) is 22.1. The zero-order valence-electron chi connectivity index (χ0n) is 16.4. The molecule has 3 rings (SSSR count). The molecule has 134 valence electrons. The Morgan fingerprint density at radius 3 is 2.00 bits per heavy atom. The minimum atomic E-state index is 0.349. The van der Waals surface area contributed by atoms with Gasteiger partial charge in [0.05, 0.1) is 0 Å². The number of fused-ring (bicyclic) bond motifs is 1. The molecule has 0 amide bonds. The molecule has 3 aliphatic heterocycles. The maximum Gasteiger partial charge on any atom is 0.0269 e. The third-order valence-electron chi connectivity index (χ3n) is 6.58. The first-order valence-electron chi connectivity index (χ1n) is 9.89. The van der Waals surface area contributed by atoms with E-state index in [-0.39, 0.29) is 0 Å². The molecule has 3 nitrogen and oxygen atoms in total. The van der Waals surface area contributed by atoms with Crippen molar-refractivity contribution in [3.8, 4) is 0 Å². The molecule has 0 radical (unpaired) electrons. The fourth-order valence-corrected chi connectivity index (χ4v) is 4.95. The van der Waals surface area contributed by atoms with E-state index in [4.69, 9.17) is 0 Å². The minimum Gasteiger partial charge on any atom is -0.301 e. The van der Waals surface area contributed by atoms with Crippen LogP contribution < -0.4 is 0 Å². The molecule has 3 heterocycles. The monoisotopic (exact) mass is 321 g/mol. The van der Waals surface area contributed by atoms with Crippen molar-refractivity contribution in [1.82, 2.24) is 14.7 Å². The first-order chi connectivity index (χ1) is 10.6. The molecule has 0 aliphatic carbocycles. The van der Waals surface area contributed by atoms with Gasteiger partial charge >= 0.3 is 0 Å². The van der Waals surface area contributed by atoms with Crippen LogP contribution in [0.1, 0.15) is 60.8 Å². The van der Waals surface area contributed by atoms with Gasteiger partial charge in [-0.25, -0.2) is 0 Å². The van der Waals surface area contributed by atoms with Crippen molar-refractivity contribution in [3.05, 3.63) is 0 Å². The van der Waals surface area contributed by atoms with Crippen LogP contribution in [0.25, 0.3) is 0 Å². The Morgan fingerprint density at radius 1 is 0.783 bits per heavy atom. The van der Waals surface area contributed by atoms with Crippen LogP contribution in [0, 0.1) is 11.8 Å². The van der Waals surface area contributed by atoms with Crippen molar-refractivity contribution >= 4 is 0 Å². The smallest absolute Gasteiger partial charge is 0.0269 e. The van der Waals surface area contributed by atoms with Gasteiger partial charge in [0.2, 0.25) is 0 Å². The predicted octanol–water partition coefficient (Wildman–Crippen LogP) is 3.30. The third-order valence-corrected chi connectivity index (χ3v) is 6.58. The summed E-state index contributed by atoms with van der Waals surface area (Å²) in [5.74, 6) is 1.90. The van der Waals surface area contributed by atoms with E-state index >= 15 is 0 Å². The van der Waals surface area contributed by atoms with E-state index in [9.17, 15) is 0 Å². The first-order valence-corrected chi connectivity index (χ1v) is 9.89. The largest absolute Gasteiger partial charge is 0.301 e. The summed E-state index contributed by atoms with van der Waals surface area (Å²) >= 11 is 0. The van der Waals surface area contributed by atoms with Gasteiger partial charge in [-0.15, -0.1) is 0 Å². The SMILES string of the molecule is CC(C)(C)N1CCC(CN2CCC3CN(C(C)(C)C)C3C2)CC1. The molecule has 0 saturated carbocycles. The summed E-state index contributed by atoms with van der Waals surface area (Å²) in [5, 5.41) is 0. The molecule has 0 aromatic carbocycles. The zero-order valence-corrected chi connectivity index (χ0v) is 16.4. The fourth-order valence-electron chi connectivity index (χ4n) is 4.95. The Kier molecular flexibility index (Phi) is 4.85. The molecule has 0 bridgehead atoms. The number of likely N-dealkylation sites (tertiary alicyclic amines) is 3. The number of piperidine rings is 2. The Balaban J connectivity index is 1.47. The van der Waals surface area contributed by atoms with E-state index in [1.807, 2.05) is 0 Å². The van der Waals surface area contributed by atoms with Gasteiger partial charge < -0.3 is 4.90 Å². The predicted molar refractivity (Wildman–Crippen MR) is 98.8 cm³/mol. The second-order valence-corrected chi connectivity index (χ2v) is 10.3. The number of rotatable bonds is 2. The van der Waals surface area contributed by atoms with Gasteiger partial charge in [0, 0.05) is 36.8 Å². The molecule has 3 saturated heterocycles. The summed E-state index contributed by atoms with van der Waals surface area (Å²) < 4.78 is 0. The van der Waals surface area contributed by atoms with Gasteiger partial charge in [-0.3, -0.25) is 9.80 Å². The van der Waals surface area contributed by atoms with Crippen molar-refractivity contribution < 1.29 is 0 Å². The second kappa shape index (κ2) is 6.31. The van der Waals surface area contributed by atoms with E-state index in [2.05, 4.69) is 56.2 Å². The highest BCUT2D eigenvalue weighted by Crippen LogP contribution is 2.38. The number of nitrogens with zero attached hydrogens (tertiary/aromatic N) is 3. The van der Waals surface area contributed by atoms with Crippen LogP contribution in [0.15, 0.2) is 0 Å². The lowest BCUT2D eigenvalue weighted by molar-refractivity contribution is -0.0966. The highest BCUT2D eigenvalue weighted by atomic mass is 15.3. The Bertz CT molecular complexity index is 398. The quantitative estimate of drug-likeness (QED) is 0.772. The average molecular weight is 322 g/mol. The van der Waals surface area contributed by atoms with Crippen molar-refractivity contribution in [3.63, 3.8) is 0 Å². The maximum absolute atomic E-state index is 2.79. The van der Waals surface area contributed by atoms with Crippen LogP contribution in [0.5, 0.6) is 0 Å². The molecule has 2 unspecified atom stereocenters. The Hall–Kier alpha value is -0.120. The summed E-state index contributed by atoms with van der Waals surface area (Å²) in [6, 6.07) is 0.832. The van der Waals surface area contributed by atoms with Gasteiger partial charge in [0.1, 0.15) is 0 Å². The first kappa shape index (κ1) is 17.7. The topological polar surface area (TPSA) is 9.72 Å². The standard InChI is InChI=1S/C20H39N3/c1-19(2,3)22-11-7-16(8-12-22)13-21-10-9-17-14-23(18(17)15-21)20(4,5)6/h16-18H,7-15H2,1-6H3. The van der Waals surface area contributed by atoms with Crippen LogP contribution in [0.4, 0.5) is 0 Å². The highest BCUT2D eigenvalue weighted by molar-refractivity contribution is 5.01. The van der Waals surface area contributed by atoms with Crippen LogP contribution in [-0.2, 0) is 0 Å². The highest BCUT2D eigenvalue weighted by Gasteiger charge is 2.46. The Morgan fingerprint density at radius 2 is 1.43 bits per heavy atom. The van der Waals surface area contributed by atoms with E-state index in [0.717, 1.165) is 17.9 Å². The van der Waals surface area contributed by atoms with Gasteiger partial charge in [-0.1, -0.05) is 0 Å². The molecule has 3 fully saturated rings. The van der Waals surface area contributed by atoms with Crippen molar-refractivity contribution in [2.45, 2.75) is 77.9 Å². The molecule has 3 aliphatic rings. The van der Waals surface area contributed by atoms with Gasteiger partial charge in [0.15, 0.2) is 0 Å². The molecule has 23 heavy (non-hydrogen) atoms. The van der Waals surface area contributed by atoms with E-state index in [1.165, 1.54) is 58.5 Å². The van der Waals surface area contributed by atoms with Crippen LogP contribution in [0.3, 0.4) is 0 Å². The van der Waals surface area contributed by atoms with Gasteiger partial charge in [0.25, 0.3) is 0 Å². The molecule has 2 atom stereocenters. The van der Waals surface area contributed by atoms with Gasteiger partial charge in [-0.05, 0) is 92.3 Å². The molecule has 3 heteroatoms. The number of hydrogen-bond donors (Lipinski definition) is 0. The summed E-state index contributed by atoms with van der Waals surface area (Å²) in [7, 11) is 0. The summed E-state index contributed by atoms with van der Waals surface area (Å²) in [5.41, 5.74) is 0.699. The maximum atomic E-state index is 2.79. The van der Waals surface area contributed by atoms with E-state index in [1.54, 1.807) is 0 Å². The van der Waals surface area contributed by atoms with Crippen LogP contribution in [-0.4, -0.2) is 71.1 Å². The average Bonchev–Trinajstić information content (AvgIpc) is 2.40. The van der Waals surface area contributed by atoms with Crippen LogP contribution in [0.2, 0.25) is 0 Å². The van der Waals surface area contributed by atoms with E-state index in [0.29, 0.717) is 11.1 Å². The van der Waals surface area contributed by atoms with Crippen molar-refractivity contribution in [1.29, 1.82) is 0 Å². The fraction of sp³-hybridized carbons (Fsp3) is 1.00. The summed E-state index contributed by atoms with van der Waals surface area (Å²) in [6.07, 6.45) is 4.22. The lowest BCUT2D eigenvalue weighted by atomic mass is 9.78. The minimum absolute atomic E-state index is 0.349. The molecular formula is C20H39N3. The Labute approximate surface area is 144 Å². The lowest BCUT2D eigenvalue weighted by Gasteiger charge is -2.59. The molecular weight excluding hydrogens is 282 g/mol. The zero-order chi connectivity index (χ0) is 16.8. The van der Waals surface area contributed by atoms with Crippen molar-refractivity contribution in [2.24, 2.45) is 11.8 Å². The molecule has 0 spiro atoms. The lowest BCUT2D eigenvalue weighted by Crippen LogP contribution is -2.69. The van der Waals surface area contributed by atoms with Crippen LogP contribution >= 0.6 is 0 Å². The summed E-state index contributed by atoms with van der Waals surface area (Å²) in [4.78, 5) is 8.20. The normalized spacial score (nSPS) is 32.6. The number of hydrogen-bond acceptors (Lipinski definition) is 3. The molecule has 0 aromatic heterocycles. The van der Waals surface area contributed by atoms with E-state index < -0.39 is 0 Å². The van der Waals surface area contributed by atoms with Gasteiger partial charge in [-0.2, -0.15) is 0 Å². The molecule has 0 N–H and O–H groups in total.